The van der Waals surface area contributed by atoms with E-state index in [1.807, 2.05) is 70.5 Å². The number of nitrogens with zero attached hydrogens (tertiary/aromatic N) is 2. The zero-order chi connectivity index (χ0) is 33.1. The second-order valence-electron chi connectivity index (χ2n) is 12.9. The molecule has 2 amide bonds. The third kappa shape index (κ3) is 4.44. The van der Waals surface area contributed by atoms with Crippen LogP contribution in [0, 0.1) is 13.8 Å². The molecule has 0 saturated carbocycles. The number of hydrogen-bond acceptors (Lipinski definition) is 2. The van der Waals surface area contributed by atoms with Gasteiger partial charge in [-0.1, -0.05) is 133 Å². The van der Waals surface area contributed by atoms with Gasteiger partial charge in [0.15, 0.2) is 0 Å². The van der Waals surface area contributed by atoms with E-state index >= 15 is 9.59 Å². The fourth-order valence-corrected chi connectivity index (χ4v) is 7.86. The SMILES string of the molecule is Cc1ccccc1C(C)N1C(=O)C2=C(c3cccc4ccccc34)N(C(C)c3ccccc3C)C(=O)C2=C1c1cccc2ccccc12. The predicted octanol–water partition coefficient (Wildman–Crippen LogP) is 9.94. The zero-order valence-corrected chi connectivity index (χ0v) is 27.6. The highest BCUT2D eigenvalue weighted by Gasteiger charge is 2.52. The fraction of sp³-hybridized carbons (Fsp3) is 0.136. The van der Waals surface area contributed by atoms with Crippen molar-refractivity contribution >= 4 is 44.8 Å². The molecule has 0 N–H and O–H groups in total. The van der Waals surface area contributed by atoms with Crippen LogP contribution in [0.2, 0.25) is 0 Å². The lowest BCUT2D eigenvalue weighted by atomic mass is 9.96. The molecule has 48 heavy (non-hydrogen) atoms. The highest BCUT2D eigenvalue weighted by atomic mass is 16.2. The second-order valence-corrected chi connectivity index (χ2v) is 12.9. The number of carbonyl (C=O) groups excluding carboxylic acids is 2. The summed E-state index contributed by atoms with van der Waals surface area (Å²) in [4.78, 5) is 34.4. The van der Waals surface area contributed by atoms with E-state index in [9.17, 15) is 0 Å². The van der Waals surface area contributed by atoms with Gasteiger partial charge in [-0.05, 0) is 71.5 Å². The van der Waals surface area contributed by atoms with Gasteiger partial charge in [-0.2, -0.15) is 0 Å². The van der Waals surface area contributed by atoms with Crippen molar-refractivity contribution < 1.29 is 9.59 Å². The molecule has 2 unspecified atom stereocenters. The van der Waals surface area contributed by atoms with E-state index in [4.69, 9.17) is 0 Å². The van der Waals surface area contributed by atoms with E-state index in [2.05, 4.69) is 100 Å². The van der Waals surface area contributed by atoms with E-state index in [0.29, 0.717) is 22.5 Å². The predicted molar refractivity (Wildman–Crippen MR) is 195 cm³/mol. The lowest BCUT2D eigenvalue weighted by Gasteiger charge is -2.33. The van der Waals surface area contributed by atoms with Crippen molar-refractivity contribution in [1.29, 1.82) is 0 Å². The highest BCUT2D eigenvalue weighted by molar-refractivity contribution is 6.31. The van der Waals surface area contributed by atoms with Gasteiger partial charge >= 0.3 is 0 Å². The summed E-state index contributed by atoms with van der Waals surface area (Å²) in [6, 6.07) is 44.5. The highest BCUT2D eigenvalue weighted by Crippen LogP contribution is 2.53. The molecule has 2 heterocycles. The molecule has 0 saturated heterocycles. The first kappa shape index (κ1) is 29.6. The molecule has 0 fully saturated rings. The Morgan fingerprint density at radius 1 is 0.438 bits per heavy atom. The molecule has 0 aliphatic carbocycles. The Kier molecular flexibility index (Phi) is 7.10. The first-order valence-corrected chi connectivity index (χ1v) is 16.6. The summed E-state index contributed by atoms with van der Waals surface area (Å²) >= 11 is 0. The molecule has 0 spiro atoms. The largest absolute Gasteiger partial charge is 0.300 e. The van der Waals surface area contributed by atoms with Gasteiger partial charge in [0.1, 0.15) is 0 Å². The number of hydrogen-bond donors (Lipinski definition) is 0. The van der Waals surface area contributed by atoms with E-state index in [1.54, 1.807) is 0 Å². The second kappa shape index (κ2) is 11.5. The minimum absolute atomic E-state index is 0.153. The van der Waals surface area contributed by atoms with Crippen LogP contribution in [0.15, 0.2) is 145 Å². The third-order valence-corrected chi connectivity index (χ3v) is 10.2. The monoisotopic (exact) mass is 624 g/mol. The Bertz CT molecular complexity index is 2190. The maximum absolute atomic E-state index is 15.3. The van der Waals surface area contributed by atoms with Crippen molar-refractivity contribution in [3.05, 3.63) is 178 Å². The van der Waals surface area contributed by atoms with Gasteiger partial charge in [0, 0.05) is 11.1 Å². The molecule has 2 atom stereocenters. The smallest absolute Gasteiger partial charge is 0.261 e. The molecule has 0 radical (unpaired) electrons. The van der Waals surface area contributed by atoms with Crippen LogP contribution in [-0.4, -0.2) is 21.6 Å². The molecule has 2 aliphatic rings. The van der Waals surface area contributed by atoms with Crippen LogP contribution in [0.4, 0.5) is 0 Å². The molecule has 0 bridgehead atoms. The molecule has 2 aliphatic heterocycles. The van der Waals surface area contributed by atoms with Crippen LogP contribution in [0.3, 0.4) is 0 Å². The van der Waals surface area contributed by atoms with E-state index in [0.717, 1.165) is 54.9 Å². The van der Waals surface area contributed by atoms with Crippen LogP contribution in [-0.2, 0) is 9.59 Å². The number of carbonyl (C=O) groups is 2. The number of amides is 2. The summed E-state index contributed by atoms with van der Waals surface area (Å²) in [7, 11) is 0. The summed E-state index contributed by atoms with van der Waals surface area (Å²) in [6.07, 6.45) is 0. The van der Waals surface area contributed by atoms with Gasteiger partial charge in [0.25, 0.3) is 11.8 Å². The quantitative estimate of drug-likeness (QED) is 0.185. The third-order valence-electron chi connectivity index (χ3n) is 10.2. The Morgan fingerprint density at radius 2 is 0.792 bits per heavy atom. The molecule has 6 aromatic carbocycles. The van der Waals surface area contributed by atoms with E-state index in [1.165, 1.54) is 0 Å². The summed E-state index contributed by atoms with van der Waals surface area (Å²) < 4.78 is 0. The normalized spacial score (nSPS) is 16.0. The average Bonchev–Trinajstić information content (AvgIpc) is 3.58. The van der Waals surface area contributed by atoms with Crippen LogP contribution >= 0.6 is 0 Å². The average molecular weight is 625 g/mol. The first-order chi connectivity index (χ1) is 23.4. The van der Waals surface area contributed by atoms with Crippen molar-refractivity contribution in [1.82, 2.24) is 9.80 Å². The van der Waals surface area contributed by atoms with Gasteiger partial charge in [-0.3, -0.25) is 19.4 Å². The van der Waals surface area contributed by atoms with Crippen molar-refractivity contribution in [2.75, 3.05) is 0 Å². The summed E-state index contributed by atoms with van der Waals surface area (Å²) in [5.41, 5.74) is 8.34. The van der Waals surface area contributed by atoms with Gasteiger partial charge in [-0.15, -0.1) is 0 Å². The van der Waals surface area contributed by atoms with Crippen molar-refractivity contribution in [2.24, 2.45) is 0 Å². The number of fused-ring (bicyclic) bond motifs is 3. The molecular weight excluding hydrogens is 588 g/mol. The van der Waals surface area contributed by atoms with E-state index < -0.39 is 0 Å². The minimum atomic E-state index is -0.318. The Labute approximate surface area is 281 Å². The van der Waals surface area contributed by atoms with Gasteiger partial charge in [0.2, 0.25) is 0 Å². The van der Waals surface area contributed by atoms with Gasteiger partial charge in [0.05, 0.1) is 34.6 Å². The topological polar surface area (TPSA) is 40.6 Å². The van der Waals surface area contributed by atoms with Crippen LogP contribution in [0.5, 0.6) is 0 Å². The molecule has 8 rings (SSSR count). The standard InChI is InChI=1S/C44H36N2O2/c1-27-15-5-9-21-33(27)29(3)45-41(37-25-13-19-31-17-7-11-23-35(31)37)39-40(43(45)47)42(38-26-14-20-32-18-8-12-24-36(32)38)46(44(39)48)30(4)34-22-10-6-16-28(34)2/h5-26,29-30H,1-4H3. The van der Waals surface area contributed by atoms with Crippen molar-refractivity contribution in [3.8, 4) is 0 Å². The summed E-state index contributed by atoms with van der Waals surface area (Å²) in [5, 5.41) is 4.12. The van der Waals surface area contributed by atoms with E-state index in [-0.39, 0.29) is 23.9 Å². The first-order valence-electron chi connectivity index (χ1n) is 16.6. The molecule has 234 valence electrons. The van der Waals surface area contributed by atoms with Crippen molar-refractivity contribution in [3.63, 3.8) is 0 Å². The van der Waals surface area contributed by atoms with Crippen LogP contribution in [0.25, 0.3) is 32.9 Å². The van der Waals surface area contributed by atoms with Gasteiger partial charge < -0.3 is 0 Å². The lowest BCUT2D eigenvalue weighted by molar-refractivity contribution is -0.125. The number of benzene rings is 6. The fourth-order valence-electron chi connectivity index (χ4n) is 7.86. The van der Waals surface area contributed by atoms with Crippen molar-refractivity contribution in [2.45, 2.75) is 39.8 Å². The lowest BCUT2D eigenvalue weighted by Crippen LogP contribution is -2.33. The Hall–Kier alpha value is -5.74. The molecule has 6 aromatic rings. The summed E-state index contributed by atoms with van der Waals surface area (Å²) in [6.45, 7) is 8.30. The summed E-state index contributed by atoms with van der Waals surface area (Å²) in [5.74, 6) is -0.307. The maximum Gasteiger partial charge on any atom is 0.261 e. The Balaban J connectivity index is 1.48. The zero-order valence-electron chi connectivity index (χ0n) is 27.6. The molecule has 0 aromatic heterocycles. The minimum Gasteiger partial charge on any atom is -0.300 e. The number of rotatable bonds is 6. The molecular formula is C44H36N2O2. The van der Waals surface area contributed by atoms with Crippen LogP contribution < -0.4 is 0 Å². The molecule has 4 nitrogen and oxygen atoms in total. The van der Waals surface area contributed by atoms with Crippen LogP contribution in [0.1, 0.15) is 59.3 Å². The Morgan fingerprint density at radius 3 is 1.21 bits per heavy atom. The molecule has 4 heteroatoms. The maximum atomic E-state index is 15.3. The van der Waals surface area contributed by atoms with Gasteiger partial charge in [-0.25, -0.2) is 0 Å². The number of aryl methyl sites for hydroxylation is 2.